The van der Waals surface area contributed by atoms with Crippen LogP contribution < -0.4 is 19.6 Å². The average Bonchev–Trinajstić information content (AvgIpc) is 3.87. The van der Waals surface area contributed by atoms with E-state index < -0.39 is 36.8 Å². The van der Waals surface area contributed by atoms with Crippen LogP contribution in [0.15, 0.2) is 146 Å². The summed E-state index contributed by atoms with van der Waals surface area (Å²) in [6.07, 6.45) is 4.35. The second-order valence-electron chi connectivity index (χ2n) is 19.2. The number of hydrogen-bond donors (Lipinski definition) is 0. The molecule has 2 bridgehead atoms. The molecule has 0 radical (unpaired) electrons. The van der Waals surface area contributed by atoms with Gasteiger partial charge in [0.2, 0.25) is 0 Å². The zero-order chi connectivity index (χ0) is 41.0. The molecule has 4 unspecified atom stereocenters. The number of Topliss-reactive ketones (excluding diaryl/α,β-unsaturated/α-hetero) is 1. The van der Waals surface area contributed by atoms with E-state index in [4.69, 9.17) is 0 Å². The van der Waals surface area contributed by atoms with Crippen LogP contribution in [0.2, 0.25) is 29.6 Å². The summed E-state index contributed by atoms with van der Waals surface area (Å²) in [5.74, 6) is 1.23. The number of carbonyl (C=O) groups is 1. The summed E-state index contributed by atoms with van der Waals surface area (Å²) in [5, 5.41) is 5.81. The molecule has 0 N–H and O–H groups in total. The van der Waals surface area contributed by atoms with Crippen LogP contribution in [-0.4, -0.2) is 42.5 Å². The second-order valence-corrected chi connectivity index (χ2v) is 52.1. The number of halogens is 1. The molecule has 4 atom stereocenters. The van der Waals surface area contributed by atoms with Crippen LogP contribution in [0.3, 0.4) is 0 Å². The summed E-state index contributed by atoms with van der Waals surface area (Å²) in [5.41, 5.74) is 0.358. The van der Waals surface area contributed by atoms with Crippen LogP contribution in [-0.2, 0) is 4.79 Å². The molecule has 6 heteroatoms. The van der Waals surface area contributed by atoms with E-state index in [9.17, 15) is 4.79 Å². The van der Waals surface area contributed by atoms with Crippen molar-refractivity contribution in [2.24, 2.45) is 16.7 Å². The van der Waals surface area contributed by atoms with E-state index in [0.29, 0.717) is 17.1 Å². The molecule has 10 rings (SSSR count). The maximum absolute atomic E-state index is 11.8. The Morgan fingerprint density at radius 1 is 0.542 bits per heavy atom. The Balaban J connectivity index is 0.000000140. The van der Waals surface area contributed by atoms with Gasteiger partial charge in [0.15, 0.2) is 0 Å². The van der Waals surface area contributed by atoms with E-state index in [-0.39, 0.29) is 38.8 Å². The van der Waals surface area contributed by atoms with Gasteiger partial charge < -0.3 is 12.4 Å². The SMILES string of the molecule is CCC12CCC(CC1=O)C2(C)C.[CH3][Sn]([CH3])([CH3])[c]1ccc2c(c1)c1ccccc1[s+]2-c1ccccc1.[CH3][Sn]([CH3])([CH3])[c]1ccc2c(c1)c1ccccc1[s+]2-c1ccccc1.[Cl-]. The van der Waals surface area contributed by atoms with Crippen LogP contribution in [0.4, 0.5) is 0 Å². The first kappa shape index (κ1) is 44.4. The van der Waals surface area contributed by atoms with Crippen molar-refractivity contribution in [3.05, 3.63) is 146 Å². The van der Waals surface area contributed by atoms with E-state index in [0.717, 1.165) is 19.3 Å². The summed E-state index contributed by atoms with van der Waals surface area (Å²) >= 11 is -4.10. The molecule has 2 fully saturated rings. The molecular formula is C53H60ClOS2Sn2+. The zero-order valence-corrected chi connectivity index (χ0v) is 44.5. The van der Waals surface area contributed by atoms with Crippen LogP contribution in [0.25, 0.3) is 50.1 Å². The molecule has 1 nitrogen and oxygen atoms in total. The van der Waals surface area contributed by atoms with Crippen LogP contribution in [0.1, 0.15) is 46.5 Å². The standard InChI is InChI=1S/2C18H12S.C11H18O.6CH3.ClH.2Sn/c2*1-2-8-14(9-3-1)19-17-12-6-4-10-15(17)16-11-5-7-13-18(16)19;1-4-11-6-5-8(7-9(11)12)10(11,2)3;;;;;;;;;/h2*1-4,6-13H;8H,4-7H2,1-3H3;6*1H3;1H;;/q2*+1;;;;;;;;;;/p-1. The average molecular weight is 1050 g/mol. The molecule has 2 aromatic heterocycles. The molecule has 2 saturated carbocycles. The fourth-order valence-electron chi connectivity index (χ4n) is 9.96. The van der Waals surface area contributed by atoms with Gasteiger partial charge >= 0.3 is 290 Å². The van der Waals surface area contributed by atoms with Gasteiger partial charge in [0.25, 0.3) is 0 Å². The summed E-state index contributed by atoms with van der Waals surface area (Å²) in [6, 6.07) is 54.5. The van der Waals surface area contributed by atoms with Crippen molar-refractivity contribution in [3.8, 4) is 9.79 Å². The Morgan fingerprint density at radius 3 is 1.27 bits per heavy atom. The van der Waals surface area contributed by atoms with Crippen molar-refractivity contribution in [3.63, 3.8) is 0 Å². The van der Waals surface area contributed by atoms with Gasteiger partial charge in [-0.05, 0) is 30.6 Å². The number of thiophene rings is 2. The molecule has 6 aromatic carbocycles. The quantitative estimate of drug-likeness (QED) is 0.124. The molecule has 0 saturated heterocycles. The predicted molar refractivity (Wildman–Crippen MR) is 265 cm³/mol. The molecule has 0 aliphatic heterocycles. The molecular weight excluding hydrogens is 990 g/mol. The number of hydrogen-bond acceptors (Lipinski definition) is 1. The maximum atomic E-state index is 11.8. The van der Waals surface area contributed by atoms with Crippen molar-refractivity contribution in [1.29, 1.82) is 0 Å². The van der Waals surface area contributed by atoms with Crippen LogP contribution in [0, 0.1) is 16.7 Å². The molecule has 2 aliphatic rings. The van der Waals surface area contributed by atoms with E-state index in [2.05, 4.69) is 196 Å². The third kappa shape index (κ3) is 8.10. The monoisotopic (exact) mass is 1050 g/mol. The smallest absolute Gasteiger partial charge is 1.00 e. The minimum absolute atomic E-state index is 0. The van der Waals surface area contributed by atoms with Crippen molar-refractivity contribution in [1.82, 2.24) is 0 Å². The molecule has 0 amide bonds. The third-order valence-corrected chi connectivity index (χ3v) is 30.0. The topological polar surface area (TPSA) is 17.1 Å². The number of ketones is 1. The summed E-state index contributed by atoms with van der Waals surface area (Å²) < 4.78 is 9.19. The minimum Gasteiger partial charge on any atom is -1.00 e. The Labute approximate surface area is 372 Å². The van der Waals surface area contributed by atoms with Gasteiger partial charge in [-0.25, -0.2) is 0 Å². The Bertz CT molecular complexity index is 2600. The van der Waals surface area contributed by atoms with Crippen molar-refractivity contribution in [2.75, 3.05) is 0 Å². The van der Waals surface area contributed by atoms with Gasteiger partial charge in [-0.3, -0.25) is 4.79 Å². The molecule has 59 heavy (non-hydrogen) atoms. The van der Waals surface area contributed by atoms with Crippen molar-refractivity contribution in [2.45, 2.75) is 76.1 Å². The van der Waals surface area contributed by atoms with Crippen molar-refractivity contribution >= 4 is 111 Å². The normalized spacial score (nSPS) is 19.0. The Hall–Kier alpha value is -2.68. The molecule has 0 spiro atoms. The van der Waals surface area contributed by atoms with Gasteiger partial charge in [0.1, 0.15) is 5.78 Å². The van der Waals surface area contributed by atoms with Gasteiger partial charge in [-0.2, -0.15) is 0 Å². The molecule has 8 aromatic rings. The number of benzene rings is 6. The van der Waals surface area contributed by atoms with E-state index in [1.54, 1.807) is 7.16 Å². The molecule has 2 heterocycles. The number of fused-ring (bicyclic) bond motifs is 8. The summed E-state index contributed by atoms with van der Waals surface area (Å²) in [4.78, 5) is 29.6. The first-order valence-electron chi connectivity index (χ1n) is 21.3. The number of rotatable bonds is 5. The van der Waals surface area contributed by atoms with Crippen molar-refractivity contribution < 1.29 is 17.2 Å². The zero-order valence-electron chi connectivity index (χ0n) is 36.4. The Morgan fingerprint density at radius 2 is 0.932 bits per heavy atom. The van der Waals surface area contributed by atoms with Gasteiger partial charge in [0, 0.05) is 11.8 Å². The van der Waals surface area contributed by atoms with Crippen LogP contribution in [0.5, 0.6) is 0 Å². The fraction of sp³-hybridized carbons (Fsp3) is 0.302. The largest absolute Gasteiger partial charge is 1.00 e. The van der Waals surface area contributed by atoms with Crippen LogP contribution >= 0.6 is 20.9 Å². The fourth-order valence-corrected chi connectivity index (χ4v) is 21.3. The minimum atomic E-state index is -2.05. The maximum Gasteiger partial charge on any atom is -1.00 e. The predicted octanol–water partition coefficient (Wildman–Crippen LogP) is 12.3. The third-order valence-electron chi connectivity index (χ3n) is 13.6. The first-order chi connectivity index (χ1) is 27.7. The van der Waals surface area contributed by atoms with Gasteiger partial charge in [0.05, 0.1) is 0 Å². The number of carbonyl (C=O) groups excluding carboxylic acids is 1. The Kier molecular flexibility index (Phi) is 13.0. The summed E-state index contributed by atoms with van der Waals surface area (Å²) in [6.45, 7) is 6.76. The van der Waals surface area contributed by atoms with E-state index in [1.807, 2.05) is 0 Å². The van der Waals surface area contributed by atoms with E-state index >= 15 is 0 Å². The molecule has 2 aliphatic carbocycles. The first-order valence-corrected chi connectivity index (χ1v) is 43.7. The van der Waals surface area contributed by atoms with Gasteiger partial charge in [-0.1, -0.05) is 20.8 Å². The van der Waals surface area contributed by atoms with Gasteiger partial charge in [-0.15, -0.1) is 0 Å². The van der Waals surface area contributed by atoms with E-state index in [1.165, 1.54) is 56.6 Å². The second kappa shape index (κ2) is 17.2. The molecule has 304 valence electrons. The summed E-state index contributed by atoms with van der Waals surface area (Å²) in [7, 11) is 0.0954.